The predicted octanol–water partition coefficient (Wildman–Crippen LogP) is 3.72. The Morgan fingerprint density at radius 1 is 1.28 bits per heavy atom. The molecule has 1 aliphatic heterocycles. The van der Waals surface area contributed by atoms with Crippen LogP contribution >= 0.6 is 11.3 Å². The molecule has 2 rings (SSSR count). The van der Waals surface area contributed by atoms with Gasteiger partial charge in [0.05, 0.1) is 6.04 Å². The molecule has 1 unspecified atom stereocenters. The highest BCUT2D eigenvalue weighted by Crippen LogP contribution is 2.26. The summed E-state index contributed by atoms with van der Waals surface area (Å²) in [5, 5.41) is 3.11. The van der Waals surface area contributed by atoms with E-state index in [-0.39, 0.29) is 23.9 Å². The Hall–Kier alpha value is -1.56. The fraction of sp³-hybridized carbons (Fsp3) is 0.684. The van der Waals surface area contributed by atoms with E-state index in [1.807, 2.05) is 30.6 Å². The lowest BCUT2D eigenvalue weighted by Gasteiger charge is -2.34. The van der Waals surface area contributed by atoms with Crippen molar-refractivity contribution in [3.63, 3.8) is 0 Å². The second-order valence-electron chi connectivity index (χ2n) is 6.81. The van der Waals surface area contributed by atoms with Gasteiger partial charge in [0.15, 0.2) is 0 Å². The summed E-state index contributed by atoms with van der Waals surface area (Å²) in [7, 11) is 0. The molecule has 0 aromatic carbocycles. The van der Waals surface area contributed by atoms with Gasteiger partial charge >= 0.3 is 6.03 Å². The highest BCUT2D eigenvalue weighted by Gasteiger charge is 2.29. The van der Waals surface area contributed by atoms with Crippen molar-refractivity contribution in [3.05, 3.63) is 21.4 Å². The summed E-state index contributed by atoms with van der Waals surface area (Å²) in [6.45, 7) is 13.1. The van der Waals surface area contributed by atoms with E-state index in [1.165, 1.54) is 15.3 Å². The molecule has 0 spiro atoms. The van der Waals surface area contributed by atoms with Crippen molar-refractivity contribution >= 4 is 23.3 Å². The Labute approximate surface area is 155 Å². The van der Waals surface area contributed by atoms with Crippen LogP contribution in [0.2, 0.25) is 0 Å². The molecule has 1 aromatic rings. The van der Waals surface area contributed by atoms with Gasteiger partial charge in [-0.1, -0.05) is 0 Å². The average molecular weight is 366 g/mol. The zero-order valence-corrected chi connectivity index (χ0v) is 16.9. The minimum atomic E-state index is -0.0236. The molecule has 5 nitrogen and oxygen atoms in total. The maximum Gasteiger partial charge on any atom is 0.317 e. The number of hydrogen-bond donors (Lipinski definition) is 1. The van der Waals surface area contributed by atoms with E-state index in [4.69, 9.17) is 0 Å². The number of amides is 3. The molecule has 1 fully saturated rings. The molecule has 3 amide bonds. The maximum absolute atomic E-state index is 12.5. The second-order valence-corrected chi connectivity index (χ2v) is 8.27. The summed E-state index contributed by atoms with van der Waals surface area (Å²) in [5.74, 6) is 0.297. The van der Waals surface area contributed by atoms with Gasteiger partial charge < -0.3 is 15.1 Å². The number of urea groups is 1. The third kappa shape index (κ3) is 4.75. The van der Waals surface area contributed by atoms with Crippen molar-refractivity contribution in [1.82, 2.24) is 15.1 Å². The molecule has 140 valence electrons. The summed E-state index contributed by atoms with van der Waals surface area (Å²) in [4.78, 5) is 31.3. The van der Waals surface area contributed by atoms with Crippen LogP contribution in [-0.2, 0) is 4.79 Å². The number of piperidine rings is 1. The molecule has 1 saturated heterocycles. The lowest BCUT2D eigenvalue weighted by Crippen LogP contribution is -2.48. The summed E-state index contributed by atoms with van der Waals surface area (Å²) in [6.07, 6.45) is 1.52. The maximum atomic E-state index is 12.5. The highest BCUT2D eigenvalue weighted by molar-refractivity contribution is 7.12. The summed E-state index contributed by atoms with van der Waals surface area (Å²) in [5.41, 5.74) is 1.20. The average Bonchev–Trinajstić information content (AvgIpc) is 2.94. The number of hydrogen-bond acceptors (Lipinski definition) is 3. The van der Waals surface area contributed by atoms with Crippen molar-refractivity contribution in [2.75, 3.05) is 26.2 Å². The highest BCUT2D eigenvalue weighted by atomic mass is 32.1. The molecule has 2 heterocycles. The molecule has 25 heavy (non-hydrogen) atoms. The Bertz CT molecular complexity index is 602. The fourth-order valence-corrected chi connectivity index (χ4v) is 4.58. The predicted molar refractivity (Wildman–Crippen MR) is 103 cm³/mol. The van der Waals surface area contributed by atoms with Gasteiger partial charge in [-0.25, -0.2) is 4.79 Å². The van der Waals surface area contributed by atoms with Crippen molar-refractivity contribution in [3.8, 4) is 0 Å². The van der Waals surface area contributed by atoms with Crippen LogP contribution in [0, 0.1) is 19.8 Å². The minimum Gasteiger partial charge on any atom is -0.343 e. The molecule has 6 heteroatoms. The third-order valence-corrected chi connectivity index (χ3v) is 6.07. The molecule has 1 aromatic heterocycles. The first kappa shape index (κ1) is 19.8. The number of nitrogens with zero attached hydrogens (tertiary/aromatic N) is 2. The zero-order valence-electron chi connectivity index (χ0n) is 16.1. The molecular weight excluding hydrogens is 334 g/mol. The quantitative estimate of drug-likeness (QED) is 0.865. The van der Waals surface area contributed by atoms with Crippen molar-refractivity contribution < 1.29 is 9.59 Å². The molecule has 1 atom stereocenters. The first-order valence-corrected chi connectivity index (χ1v) is 10.1. The number of carbonyl (C=O) groups excluding carboxylic acids is 2. The van der Waals surface area contributed by atoms with Gasteiger partial charge in [0.1, 0.15) is 0 Å². The van der Waals surface area contributed by atoms with Crippen LogP contribution < -0.4 is 5.32 Å². The van der Waals surface area contributed by atoms with Crippen LogP contribution in [0.15, 0.2) is 6.07 Å². The van der Waals surface area contributed by atoms with E-state index in [9.17, 15) is 9.59 Å². The van der Waals surface area contributed by atoms with Crippen molar-refractivity contribution in [2.24, 2.45) is 5.92 Å². The van der Waals surface area contributed by atoms with E-state index >= 15 is 0 Å². The van der Waals surface area contributed by atoms with E-state index in [0.29, 0.717) is 13.1 Å². The van der Waals surface area contributed by atoms with E-state index < -0.39 is 0 Å². The number of aryl methyl sites for hydroxylation is 2. The lowest BCUT2D eigenvalue weighted by molar-refractivity contribution is -0.136. The Balaban J connectivity index is 1.87. The zero-order chi connectivity index (χ0) is 18.6. The smallest absolute Gasteiger partial charge is 0.317 e. The number of nitrogens with one attached hydrogen (secondary N) is 1. The minimum absolute atomic E-state index is 0.00693. The van der Waals surface area contributed by atoms with Crippen LogP contribution in [0.5, 0.6) is 0 Å². The third-order valence-electron chi connectivity index (χ3n) is 5.09. The Morgan fingerprint density at radius 3 is 2.36 bits per heavy atom. The molecule has 0 radical (unpaired) electrons. The molecule has 0 bridgehead atoms. The summed E-state index contributed by atoms with van der Waals surface area (Å²) < 4.78 is 0. The van der Waals surface area contributed by atoms with Gasteiger partial charge in [0.2, 0.25) is 5.91 Å². The molecule has 0 saturated carbocycles. The largest absolute Gasteiger partial charge is 0.343 e. The van der Waals surface area contributed by atoms with Crippen LogP contribution in [0.3, 0.4) is 0 Å². The first-order valence-electron chi connectivity index (χ1n) is 9.28. The van der Waals surface area contributed by atoms with Gasteiger partial charge in [-0.2, -0.15) is 0 Å². The van der Waals surface area contributed by atoms with Gasteiger partial charge in [0.25, 0.3) is 0 Å². The number of rotatable bonds is 5. The van der Waals surface area contributed by atoms with Crippen molar-refractivity contribution in [1.29, 1.82) is 0 Å². The lowest BCUT2D eigenvalue weighted by atomic mass is 9.95. The SMILES string of the molecule is CCN(CC)C(=O)C1CCN(C(=O)NC(C)c2cc(C)sc2C)CC1. The van der Waals surface area contributed by atoms with Crippen molar-refractivity contribution in [2.45, 2.75) is 53.5 Å². The topological polar surface area (TPSA) is 52.7 Å². The van der Waals surface area contributed by atoms with Gasteiger partial charge in [-0.15, -0.1) is 11.3 Å². The summed E-state index contributed by atoms with van der Waals surface area (Å²) in [6, 6.07) is 2.14. The fourth-order valence-electron chi connectivity index (χ4n) is 3.56. The Morgan fingerprint density at radius 2 is 1.88 bits per heavy atom. The number of likely N-dealkylation sites (tertiary alicyclic amines) is 1. The molecule has 1 aliphatic rings. The van der Waals surface area contributed by atoms with Crippen LogP contribution in [0.25, 0.3) is 0 Å². The standard InChI is InChI=1S/C19H31N3O2S/c1-6-21(7-2)18(23)16-8-10-22(11-9-16)19(24)20-14(4)17-12-13(3)25-15(17)5/h12,14,16H,6-11H2,1-5H3,(H,20,24). The Kier molecular flexibility index (Phi) is 6.87. The summed E-state index contributed by atoms with van der Waals surface area (Å²) >= 11 is 1.76. The number of carbonyl (C=O) groups is 2. The van der Waals surface area contributed by atoms with E-state index in [1.54, 1.807) is 11.3 Å². The van der Waals surface area contributed by atoms with Gasteiger partial charge in [-0.05, 0) is 59.1 Å². The normalized spacial score (nSPS) is 16.6. The van der Waals surface area contributed by atoms with E-state index in [2.05, 4.69) is 25.2 Å². The number of thiophene rings is 1. The molecule has 0 aliphatic carbocycles. The molecule has 1 N–H and O–H groups in total. The molecular formula is C19H31N3O2S. The van der Waals surface area contributed by atoms with Crippen LogP contribution in [-0.4, -0.2) is 47.9 Å². The first-order chi connectivity index (χ1) is 11.9. The monoisotopic (exact) mass is 365 g/mol. The van der Waals surface area contributed by atoms with Crippen LogP contribution in [0.1, 0.15) is 55.0 Å². The second kappa shape index (κ2) is 8.70. The van der Waals surface area contributed by atoms with Gasteiger partial charge in [-0.3, -0.25) is 4.79 Å². The van der Waals surface area contributed by atoms with E-state index in [0.717, 1.165) is 25.9 Å². The van der Waals surface area contributed by atoms with Gasteiger partial charge in [0, 0.05) is 41.9 Å². The van der Waals surface area contributed by atoms with Crippen LogP contribution in [0.4, 0.5) is 4.79 Å².